The Balaban J connectivity index is 0.000000293. The Morgan fingerprint density at radius 3 is 2.71 bits per heavy atom. The Labute approximate surface area is 84.1 Å². The lowest BCUT2D eigenvalue weighted by atomic mass is 10.0. The van der Waals surface area contributed by atoms with Crippen LogP contribution in [0, 0.1) is 5.82 Å². The Kier molecular flexibility index (Phi) is 4.56. The van der Waals surface area contributed by atoms with Crippen LogP contribution < -0.4 is 5.32 Å². The molecule has 1 aromatic carbocycles. The van der Waals surface area contributed by atoms with E-state index in [0.29, 0.717) is 6.61 Å². The summed E-state index contributed by atoms with van der Waals surface area (Å²) in [5.41, 5.74) is 2.22. The Morgan fingerprint density at radius 1 is 1.29 bits per heavy atom. The van der Waals surface area contributed by atoms with Gasteiger partial charge in [0.05, 0.1) is 13.2 Å². The SMILES string of the molecule is CNC.Fc1ccc2c(c1)COCC2. The second kappa shape index (κ2) is 5.73. The number of hydrogen-bond donors (Lipinski definition) is 1. The van der Waals surface area contributed by atoms with Crippen molar-refractivity contribution in [3.05, 3.63) is 35.1 Å². The minimum absolute atomic E-state index is 0.172. The average molecular weight is 197 g/mol. The van der Waals surface area contributed by atoms with E-state index in [1.807, 2.05) is 20.2 Å². The molecule has 1 aliphatic rings. The Bertz CT molecular complexity index is 289. The number of nitrogens with one attached hydrogen (secondary N) is 1. The minimum Gasteiger partial charge on any atom is -0.376 e. The van der Waals surface area contributed by atoms with Crippen molar-refractivity contribution in [2.24, 2.45) is 0 Å². The largest absolute Gasteiger partial charge is 0.376 e. The summed E-state index contributed by atoms with van der Waals surface area (Å²) in [6.07, 6.45) is 0.912. The zero-order valence-electron chi connectivity index (χ0n) is 8.64. The van der Waals surface area contributed by atoms with E-state index in [1.54, 1.807) is 6.07 Å². The third-order valence-electron chi connectivity index (χ3n) is 1.94. The van der Waals surface area contributed by atoms with Gasteiger partial charge in [0.2, 0.25) is 0 Å². The second-order valence-corrected chi connectivity index (χ2v) is 3.22. The predicted molar refractivity (Wildman–Crippen MR) is 54.7 cm³/mol. The third kappa shape index (κ3) is 3.09. The molecule has 0 saturated heterocycles. The Morgan fingerprint density at radius 2 is 2.00 bits per heavy atom. The predicted octanol–water partition coefficient (Wildman–Crippen LogP) is 1.73. The van der Waals surface area contributed by atoms with Crippen LogP contribution in [-0.4, -0.2) is 20.7 Å². The van der Waals surface area contributed by atoms with Crippen LogP contribution in [0.5, 0.6) is 0 Å². The van der Waals surface area contributed by atoms with E-state index in [2.05, 4.69) is 5.32 Å². The molecule has 2 nitrogen and oxygen atoms in total. The molecule has 3 heteroatoms. The van der Waals surface area contributed by atoms with Crippen molar-refractivity contribution in [3.8, 4) is 0 Å². The van der Waals surface area contributed by atoms with Gasteiger partial charge in [-0.3, -0.25) is 0 Å². The second-order valence-electron chi connectivity index (χ2n) is 3.22. The zero-order chi connectivity index (χ0) is 10.4. The van der Waals surface area contributed by atoms with Crippen LogP contribution >= 0.6 is 0 Å². The normalized spacial score (nSPS) is 13.9. The van der Waals surface area contributed by atoms with E-state index in [9.17, 15) is 4.39 Å². The number of ether oxygens (including phenoxy) is 1. The summed E-state index contributed by atoms with van der Waals surface area (Å²) in [7, 11) is 3.75. The van der Waals surface area contributed by atoms with E-state index in [4.69, 9.17) is 4.74 Å². The van der Waals surface area contributed by atoms with Gasteiger partial charge in [-0.2, -0.15) is 0 Å². The summed E-state index contributed by atoms with van der Waals surface area (Å²) < 4.78 is 17.8. The van der Waals surface area contributed by atoms with Crippen molar-refractivity contribution < 1.29 is 9.13 Å². The summed E-state index contributed by atoms with van der Waals surface area (Å²) in [5.74, 6) is -0.172. The van der Waals surface area contributed by atoms with Crippen LogP contribution in [0.2, 0.25) is 0 Å². The zero-order valence-corrected chi connectivity index (χ0v) is 8.64. The van der Waals surface area contributed by atoms with E-state index in [-0.39, 0.29) is 5.82 Å². The number of halogens is 1. The van der Waals surface area contributed by atoms with E-state index < -0.39 is 0 Å². The van der Waals surface area contributed by atoms with Crippen LogP contribution in [-0.2, 0) is 17.8 Å². The number of hydrogen-bond acceptors (Lipinski definition) is 2. The van der Waals surface area contributed by atoms with Gasteiger partial charge in [-0.25, -0.2) is 4.39 Å². The lowest BCUT2D eigenvalue weighted by Crippen LogP contribution is -2.09. The smallest absolute Gasteiger partial charge is 0.123 e. The summed E-state index contributed by atoms with van der Waals surface area (Å²) in [6, 6.07) is 4.89. The first kappa shape index (κ1) is 11.1. The van der Waals surface area contributed by atoms with Crippen molar-refractivity contribution in [3.63, 3.8) is 0 Å². The molecule has 14 heavy (non-hydrogen) atoms. The lowest BCUT2D eigenvalue weighted by molar-refractivity contribution is 0.110. The summed E-state index contributed by atoms with van der Waals surface area (Å²) in [6.45, 7) is 1.33. The van der Waals surface area contributed by atoms with Crippen molar-refractivity contribution >= 4 is 0 Å². The fourth-order valence-corrected chi connectivity index (χ4v) is 1.34. The van der Waals surface area contributed by atoms with Crippen molar-refractivity contribution in [2.75, 3.05) is 20.7 Å². The quantitative estimate of drug-likeness (QED) is 0.684. The molecule has 0 aromatic heterocycles. The molecule has 0 atom stereocenters. The molecule has 1 aromatic rings. The minimum atomic E-state index is -0.172. The molecular formula is C11H16FNO. The highest BCUT2D eigenvalue weighted by atomic mass is 19.1. The first-order chi connectivity index (χ1) is 6.77. The number of benzene rings is 1. The van der Waals surface area contributed by atoms with Crippen molar-refractivity contribution in [1.29, 1.82) is 0 Å². The molecule has 1 heterocycles. The fraction of sp³-hybridized carbons (Fsp3) is 0.455. The average Bonchev–Trinajstić information content (AvgIpc) is 2.19. The highest BCUT2D eigenvalue weighted by Gasteiger charge is 2.08. The molecule has 0 bridgehead atoms. The Hall–Kier alpha value is -0.930. The van der Waals surface area contributed by atoms with Crippen LogP contribution in [0.15, 0.2) is 18.2 Å². The summed E-state index contributed by atoms with van der Waals surface area (Å²) in [4.78, 5) is 0. The van der Waals surface area contributed by atoms with Gasteiger partial charge in [0.1, 0.15) is 5.82 Å². The van der Waals surface area contributed by atoms with E-state index in [1.165, 1.54) is 11.6 Å². The molecule has 0 saturated carbocycles. The maximum Gasteiger partial charge on any atom is 0.123 e. The standard InChI is InChI=1S/C9H9FO.C2H7N/c10-9-2-1-7-3-4-11-6-8(7)5-9;1-3-2/h1-2,5H,3-4,6H2;3H,1-2H3. The summed E-state index contributed by atoms with van der Waals surface area (Å²) in [5, 5.41) is 2.75. The van der Waals surface area contributed by atoms with Gasteiger partial charge in [0, 0.05) is 0 Å². The van der Waals surface area contributed by atoms with Crippen LogP contribution in [0.3, 0.4) is 0 Å². The highest BCUT2D eigenvalue weighted by molar-refractivity contribution is 5.28. The molecule has 0 radical (unpaired) electrons. The van der Waals surface area contributed by atoms with Crippen molar-refractivity contribution in [1.82, 2.24) is 5.32 Å². The van der Waals surface area contributed by atoms with Gasteiger partial charge >= 0.3 is 0 Å². The van der Waals surface area contributed by atoms with E-state index >= 15 is 0 Å². The molecule has 2 rings (SSSR count). The lowest BCUT2D eigenvalue weighted by Gasteiger charge is -2.15. The van der Waals surface area contributed by atoms with Gasteiger partial charge in [-0.15, -0.1) is 0 Å². The first-order valence-corrected chi connectivity index (χ1v) is 4.71. The van der Waals surface area contributed by atoms with Gasteiger partial charge in [-0.05, 0) is 43.8 Å². The monoisotopic (exact) mass is 197 g/mol. The maximum absolute atomic E-state index is 12.6. The maximum atomic E-state index is 12.6. The molecule has 78 valence electrons. The molecule has 1 aliphatic heterocycles. The molecular weight excluding hydrogens is 181 g/mol. The molecule has 0 aliphatic carbocycles. The van der Waals surface area contributed by atoms with Crippen LogP contribution in [0.4, 0.5) is 4.39 Å². The van der Waals surface area contributed by atoms with Crippen LogP contribution in [0.25, 0.3) is 0 Å². The molecule has 0 fully saturated rings. The number of rotatable bonds is 0. The third-order valence-corrected chi connectivity index (χ3v) is 1.94. The molecule has 0 amide bonds. The van der Waals surface area contributed by atoms with Gasteiger partial charge in [-0.1, -0.05) is 6.07 Å². The van der Waals surface area contributed by atoms with Crippen molar-refractivity contribution in [2.45, 2.75) is 13.0 Å². The van der Waals surface area contributed by atoms with Gasteiger partial charge in [0.15, 0.2) is 0 Å². The fourth-order valence-electron chi connectivity index (χ4n) is 1.34. The highest BCUT2D eigenvalue weighted by Crippen LogP contribution is 2.17. The van der Waals surface area contributed by atoms with Crippen LogP contribution in [0.1, 0.15) is 11.1 Å². The number of fused-ring (bicyclic) bond motifs is 1. The molecule has 0 spiro atoms. The first-order valence-electron chi connectivity index (χ1n) is 4.71. The van der Waals surface area contributed by atoms with E-state index in [0.717, 1.165) is 18.6 Å². The van der Waals surface area contributed by atoms with Gasteiger partial charge < -0.3 is 10.1 Å². The topological polar surface area (TPSA) is 21.3 Å². The van der Waals surface area contributed by atoms with Gasteiger partial charge in [0.25, 0.3) is 0 Å². The molecule has 0 unspecified atom stereocenters. The summed E-state index contributed by atoms with van der Waals surface area (Å²) >= 11 is 0. The molecule has 1 N–H and O–H groups in total.